The summed E-state index contributed by atoms with van der Waals surface area (Å²) in [5, 5.41) is 10.5. The Morgan fingerprint density at radius 2 is 0.683 bits per heavy atom. The maximum Gasteiger partial charge on any atom is 0.180 e. The van der Waals surface area contributed by atoms with Crippen LogP contribution in [0.25, 0.3) is 77.2 Å². The fraction of sp³-hybridized carbons (Fsp3) is 0. The number of aromatic nitrogens is 2. The van der Waals surface area contributed by atoms with Crippen molar-refractivity contribution in [3.8, 4) is 33.6 Å². The highest BCUT2D eigenvalue weighted by atomic mass is 28.3. The minimum absolute atomic E-state index is 1.14. The molecule has 0 bridgehead atoms. The number of benzene rings is 10. The molecule has 2 nitrogen and oxygen atoms in total. The van der Waals surface area contributed by atoms with Gasteiger partial charge in [0.1, 0.15) is 0 Å². The van der Waals surface area contributed by atoms with E-state index in [-0.39, 0.29) is 0 Å². The molecule has 2 aromatic heterocycles. The topological polar surface area (TPSA) is 9.86 Å². The van der Waals surface area contributed by atoms with E-state index in [0.29, 0.717) is 0 Å². The lowest BCUT2D eigenvalue weighted by atomic mass is 9.99. The first-order chi connectivity index (χ1) is 31.3. The van der Waals surface area contributed by atoms with Crippen LogP contribution in [0.2, 0.25) is 0 Å². The molecule has 0 saturated carbocycles. The molecule has 0 saturated heterocycles. The van der Waals surface area contributed by atoms with Gasteiger partial charge >= 0.3 is 0 Å². The Morgan fingerprint density at radius 1 is 0.254 bits per heavy atom. The fourth-order valence-corrected chi connectivity index (χ4v) is 15.3. The molecule has 0 spiro atoms. The van der Waals surface area contributed by atoms with Gasteiger partial charge in [0.15, 0.2) is 8.07 Å². The van der Waals surface area contributed by atoms with Gasteiger partial charge in [-0.1, -0.05) is 200 Å². The van der Waals surface area contributed by atoms with Gasteiger partial charge in [0, 0.05) is 32.9 Å². The van der Waals surface area contributed by atoms with E-state index in [2.05, 4.69) is 264 Å². The summed E-state index contributed by atoms with van der Waals surface area (Å²) in [6, 6.07) is 94.1. The van der Waals surface area contributed by atoms with E-state index in [1.165, 1.54) is 86.6 Å². The van der Waals surface area contributed by atoms with Gasteiger partial charge in [-0.2, -0.15) is 0 Å². The quantitative estimate of drug-likeness (QED) is 0.107. The molecular weight excluding hydrogens is 777 g/mol. The van der Waals surface area contributed by atoms with Crippen molar-refractivity contribution in [2.75, 3.05) is 0 Å². The summed E-state index contributed by atoms with van der Waals surface area (Å²) in [5.41, 5.74) is 11.9. The van der Waals surface area contributed by atoms with Crippen LogP contribution in [0.4, 0.5) is 0 Å². The Morgan fingerprint density at radius 3 is 1.30 bits per heavy atom. The maximum absolute atomic E-state index is 2.84. The SMILES string of the molecule is c1ccc(-c2cccc(-c3ccc(-n4c5ccccc5c5cc(-n6c7ccccc7c7c([Si](c8ccccc8)(c8ccccc8)c8ccccc8)cccc76)ccc54)cc3)c2)cc1. The molecule has 0 N–H and O–H groups in total. The molecule has 2 heterocycles. The zero-order valence-corrected chi connectivity index (χ0v) is 35.6. The predicted octanol–water partition coefficient (Wildman–Crippen LogP) is 12.6. The average molecular weight is 819 g/mol. The molecular formula is C60H42N2Si. The van der Waals surface area contributed by atoms with Crippen LogP contribution in [-0.2, 0) is 0 Å². The van der Waals surface area contributed by atoms with Gasteiger partial charge in [0.25, 0.3) is 0 Å². The van der Waals surface area contributed by atoms with Crippen LogP contribution in [0.15, 0.2) is 255 Å². The summed E-state index contributed by atoms with van der Waals surface area (Å²) in [5.74, 6) is 0. The molecule has 296 valence electrons. The Kier molecular flexibility index (Phi) is 8.87. The van der Waals surface area contributed by atoms with Crippen LogP contribution >= 0.6 is 0 Å². The molecule has 0 fully saturated rings. The Bertz CT molecular complexity index is 3490. The van der Waals surface area contributed by atoms with Crippen molar-refractivity contribution in [2.45, 2.75) is 0 Å². The van der Waals surface area contributed by atoms with Gasteiger partial charge in [0.2, 0.25) is 0 Å². The summed E-state index contributed by atoms with van der Waals surface area (Å²) in [4.78, 5) is 0. The van der Waals surface area contributed by atoms with Crippen molar-refractivity contribution < 1.29 is 0 Å². The largest absolute Gasteiger partial charge is 0.309 e. The van der Waals surface area contributed by atoms with Crippen molar-refractivity contribution >= 4 is 72.4 Å². The number of hydrogen-bond donors (Lipinski definition) is 0. The fourth-order valence-electron chi connectivity index (χ4n) is 10.3. The van der Waals surface area contributed by atoms with E-state index in [1.807, 2.05) is 0 Å². The number of fused-ring (bicyclic) bond motifs is 6. The Hall–Kier alpha value is -7.98. The second-order valence-corrected chi connectivity index (χ2v) is 20.2. The molecule has 12 rings (SSSR count). The molecule has 63 heavy (non-hydrogen) atoms. The first kappa shape index (κ1) is 36.8. The monoisotopic (exact) mass is 818 g/mol. The standard InChI is InChI=1S/C60H42N2Si/c1-5-19-43(20-6-1)45-21-17-22-46(41-45)44-35-37-47(38-36-44)61-55-31-15-13-29-52(55)54-42-48(39-40-57(54)61)62-56-32-16-14-30-53(56)60-58(62)33-18-34-59(60)63(49-23-7-2-8-24-49,50-25-9-3-10-26-50)51-27-11-4-12-28-51/h1-42H. The predicted molar refractivity (Wildman–Crippen MR) is 270 cm³/mol. The van der Waals surface area contributed by atoms with Crippen LogP contribution < -0.4 is 20.7 Å². The molecule has 0 radical (unpaired) electrons. The van der Waals surface area contributed by atoms with E-state index in [1.54, 1.807) is 0 Å². The van der Waals surface area contributed by atoms with Crippen LogP contribution in [0.3, 0.4) is 0 Å². The van der Waals surface area contributed by atoms with Crippen LogP contribution in [0, 0.1) is 0 Å². The minimum Gasteiger partial charge on any atom is -0.309 e. The van der Waals surface area contributed by atoms with E-state index >= 15 is 0 Å². The van der Waals surface area contributed by atoms with E-state index < -0.39 is 8.07 Å². The molecule has 12 aromatic rings. The molecule has 10 aromatic carbocycles. The molecule has 3 heteroatoms. The Balaban J connectivity index is 1.05. The van der Waals surface area contributed by atoms with Crippen molar-refractivity contribution in [3.05, 3.63) is 255 Å². The number of hydrogen-bond acceptors (Lipinski definition) is 0. The smallest absolute Gasteiger partial charge is 0.180 e. The first-order valence-electron chi connectivity index (χ1n) is 21.8. The third kappa shape index (κ3) is 5.93. The lowest BCUT2D eigenvalue weighted by Gasteiger charge is -2.35. The van der Waals surface area contributed by atoms with Crippen molar-refractivity contribution in [1.29, 1.82) is 0 Å². The molecule has 0 aliphatic heterocycles. The summed E-state index contributed by atoms with van der Waals surface area (Å²) in [6.07, 6.45) is 0. The van der Waals surface area contributed by atoms with Crippen molar-refractivity contribution in [3.63, 3.8) is 0 Å². The van der Waals surface area contributed by atoms with Gasteiger partial charge in [-0.15, -0.1) is 0 Å². The van der Waals surface area contributed by atoms with Crippen LogP contribution in [-0.4, -0.2) is 17.2 Å². The molecule has 0 amide bonds. The van der Waals surface area contributed by atoms with E-state index in [4.69, 9.17) is 0 Å². The molecule has 0 aliphatic carbocycles. The highest BCUT2D eigenvalue weighted by Gasteiger charge is 2.43. The zero-order chi connectivity index (χ0) is 41.7. The van der Waals surface area contributed by atoms with Crippen LogP contribution in [0.1, 0.15) is 0 Å². The van der Waals surface area contributed by atoms with Gasteiger partial charge in [-0.05, 0) is 97.6 Å². The normalized spacial score (nSPS) is 11.8. The highest BCUT2D eigenvalue weighted by Crippen LogP contribution is 2.38. The van der Waals surface area contributed by atoms with Gasteiger partial charge < -0.3 is 9.13 Å². The second-order valence-electron chi connectivity index (χ2n) is 16.4. The van der Waals surface area contributed by atoms with Crippen molar-refractivity contribution in [2.24, 2.45) is 0 Å². The number of nitrogens with zero attached hydrogens (tertiary/aromatic N) is 2. The first-order valence-corrected chi connectivity index (χ1v) is 23.8. The van der Waals surface area contributed by atoms with Gasteiger partial charge in [-0.3, -0.25) is 0 Å². The summed E-state index contributed by atoms with van der Waals surface area (Å²) >= 11 is 0. The summed E-state index contributed by atoms with van der Waals surface area (Å²) in [7, 11) is -2.84. The lowest BCUT2D eigenvalue weighted by molar-refractivity contribution is 1.17. The molecule has 0 unspecified atom stereocenters. The molecule has 0 atom stereocenters. The third-order valence-corrected chi connectivity index (χ3v) is 17.9. The van der Waals surface area contributed by atoms with E-state index in [9.17, 15) is 0 Å². The second kappa shape index (κ2) is 15.2. The van der Waals surface area contributed by atoms with Crippen molar-refractivity contribution in [1.82, 2.24) is 9.13 Å². The van der Waals surface area contributed by atoms with Gasteiger partial charge in [-0.25, -0.2) is 0 Å². The molecule has 0 aliphatic rings. The summed E-state index contributed by atoms with van der Waals surface area (Å²) < 4.78 is 4.92. The lowest BCUT2D eigenvalue weighted by Crippen LogP contribution is -2.74. The van der Waals surface area contributed by atoms with Gasteiger partial charge in [0.05, 0.1) is 22.1 Å². The Labute approximate surface area is 368 Å². The zero-order valence-electron chi connectivity index (χ0n) is 34.6. The summed E-state index contributed by atoms with van der Waals surface area (Å²) in [6.45, 7) is 0. The highest BCUT2D eigenvalue weighted by molar-refractivity contribution is 7.20. The maximum atomic E-state index is 2.50. The third-order valence-electron chi connectivity index (χ3n) is 13.1. The number of para-hydroxylation sites is 2. The van der Waals surface area contributed by atoms with E-state index in [0.717, 1.165) is 11.4 Å². The van der Waals surface area contributed by atoms with Crippen LogP contribution in [0.5, 0.6) is 0 Å². The minimum atomic E-state index is -2.84. The number of rotatable bonds is 8. The average Bonchev–Trinajstić information content (AvgIpc) is 3.89.